The van der Waals surface area contributed by atoms with Crippen LogP contribution in [0.3, 0.4) is 0 Å². The van der Waals surface area contributed by atoms with Gasteiger partial charge in [-0.3, -0.25) is 9.59 Å². The zero-order valence-corrected chi connectivity index (χ0v) is 11.1. The van der Waals surface area contributed by atoms with Crippen molar-refractivity contribution in [3.8, 4) is 0 Å². The number of rotatable bonds is 3. The average Bonchev–Trinajstić information content (AvgIpc) is 2.94. The highest BCUT2D eigenvalue weighted by Gasteiger charge is 2.49. The Balaban J connectivity index is 2.19. The maximum absolute atomic E-state index is 12.1. The molecule has 2 aliphatic rings. The zero-order valence-electron chi connectivity index (χ0n) is 11.1. The molecule has 0 aromatic carbocycles. The van der Waals surface area contributed by atoms with Crippen molar-refractivity contribution >= 4 is 17.5 Å². The molecule has 1 fully saturated rings. The highest BCUT2D eigenvalue weighted by atomic mass is 16.5. The number of methoxy groups -OCH3 is 1. The summed E-state index contributed by atoms with van der Waals surface area (Å²) in [6.07, 6.45) is 1.84. The number of esters is 1. The first-order chi connectivity index (χ1) is 8.97. The molecule has 1 aromatic heterocycles. The molecule has 1 unspecified atom stereocenters. The van der Waals surface area contributed by atoms with Gasteiger partial charge in [0.1, 0.15) is 0 Å². The average molecular weight is 261 g/mol. The summed E-state index contributed by atoms with van der Waals surface area (Å²) >= 11 is 0. The van der Waals surface area contributed by atoms with Crippen LogP contribution in [0.1, 0.15) is 51.5 Å². The fraction of sp³-hybridized carbons (Fsp3) is 0.500. The zero-order chi connectivity index (χ0) is 13.9. The van der Waals surface area contributed by atoms with Crippen molar-refractivity contribution in [2.45, 2.75) is 32.7 Å². The van der Waals surface area contributed by atoms with Crippen molar-refractivity contribution in [1.82, 2.24) is 4.57 Å². The fourth-order valence-corrected chi connectivity index (χ4v) is 3.28. The van der Waals surface area contributed by atoms with Crippen LogP contribution in [0.5, 0.6) is 0 Å². The normalized spacial score (nSPS) is 22.7. The van der Waals surface area contributed by atoms with Gasteiger partial charge in [0.25, 0.3) is 5.78 Å². The van der Waals surface area contributed by atoms with Crippen molar-refractivity contribution < 1.29 is 19.1 Å². The summed E-state index contributed by atoms with van der Waals surface area (Å²) in [5.74, 6) is -1.04. The highest BCUT2D eigenvalue weighted by Crippen LogP contribution is 2.54. The van der Waals surface area contributed by atoms with E-state index in [4.69, 9.17) is 0 Å². The number of hydrogen-bond acceptors (Lipinski definition) is 4. The maximum Gasteiger partial charge on any atom is 0.379 e. The lowest BCUT2D eigenvalue weighted by molar-refractivity contribution is -0.135. The van der Waals surface area contributed by atoms with Crippen molar-refractivity contribution in [2.24, 2.45) is 5.92 Å². The molecule has 2 heterocycles. The van der Waals surface area contributed by atoms with Gasteiger partial charge in [0, 0.05) is 18.7 Å². The van der Waals surface area contributed by atoms with Gasteiger partial charge in [0.15, 0.2) is 5.78 Å². The number of Topliss-reactive ketones (excluding diaryl/α,β-unsaturated/α-hetero) is 2. The minimum absolute atomic E-state index is 0.0600. The fourth-order valence-electron chi connectivity index (χ4n) is 3.28. The molecule has 1 aliphatic carbocycles. The third-order valence-corrected chi connectivity index (χ3v) is 4.15. The predicted octanol–water partition coefficient (Wildman–Crippen LogP) is 1.47. The summed E-state index contributed by atoms with van der Waals surface area (Å²) in [6.45, 7) is 3.23. The molecule has 0 spiro atoms. The van der Waals surface area contributed by atoms with Crippen LogP contribution in [0.25, 0.3) is 0 Å². The van der Waals surface area contributed by atoms with Gasteiger partial charge in [-0.25, -0.2) is 4.79 Å². The van der Waals surface area contributed by atoms with Crippen molar-refractivity contribution in [1.29, 1.82) is 0 Å². The molecule has 0 saturated heterocycles. The Morgan fingerprint density at radius 2 is 2.00 bits per heavy atom. The number of ketones is 2. The van der Waals surface area contributed by atoms with E-state index < -0.39 is 11.8 Å². The van der Waals surface area contributed by atoms with Crippen LogP contribution in [-0.4, -0.2) is 29.2 Å². The Morgan fingerprint density at radius 1 is 1.32 bits per heavy atom. The lowest BCUT2D eigenvalue weighted by Gasteiger charge is -2.05. The van der Waals surface area contributed by atoms with Crippen LogP contribution in [-0.2, 0) is 16.0 Å². The first-order valence-corrected chi connectivity index (χ1v) is 6.34. The number of carbonyl (C=O) groups is 3. The van der Waals surface area contributed by atoms with Gasteiger partial charge in [0.2, 0.25) is 0 Å². The Hall–Kier alpha value is -1.91. The van der Waals surface area contributed by atoms with Gasteiger partial charge in [-0.2, -0.15) is 0 Å². The summed E-state index contributed by atoms with van der Waals surface area (Å²) in [7, 11) is 1.19. The van der Waals surface area contributed by atoms with E-state index in [0.717, 1.165) is 18.5 Å². The number of fused-ring (bicyclic) bond motifs is 3. The Kier molecular flexibility index (Phi) is 2.42. The molecule has 100 valence electrons. The number of carbonyl (C=O) groups excluding carboxylic acids is 3. The number of aromatic nitrogens is 1. The van der Waals surface area contributed by atoms with Crippen LogP contribution < -0.4 is 0 Å². The van der Waals surface area contributed by atoms with E-state index >= 15 is 0 Å². The third kappa shape index (κ3) is 1.50. The van der Waals surface area contributed by atoms with E-state index in [1.807, 2.05) is 4.57 Å². The molecule has 0 amide bonds. The molecule has 5 heteroatoms. The van der Waals surface area contributed by atoms with Crippen molar-refractivity contribution in [2.75, 3.05) is 7.11 Å². The summed E-state index contributed by atoms with van der Waals surface area (Å²) in [4.78, 5) is 35.4. The van der Waals surface area contributed by atoms with E-state index in [2.05, 4.69) is 4.74 Å². The molecule has 3 rings (SSSR count). The molecule has 0 radical (unpaired) electrons. The minimum atomic E-state index is -0.868. The Labute approximate surface area is 110 Å². The van der Waals surface area contributed by atoms with Gasteiger partial charge >= 0.3 is 5.97 Å². The molecule has 19 heavy (non-hydrogen) atoms. The summed E-state index contributed by atoms with van der Waals surface area (Å²) in [5, 5.41) is 0. The quantitative estimate of drug-likeness (QED) is 0.469. The van der Waals surface area contributed by atoms with Crippen LogP contribution >= 0.6 is 0 Å². The monoisotopic (exact) mass is 261 g/mol. The molecular weight excluding hydrogens is 246 g/mol. The molecular formula is C14H15NO4. The van der Waals surface area contributed by atoms with Gasteiger partial charge in [0.05, 0.1) is 18.4 Å². The first kappa shape index (κ1) is 12.1. The Bertz CT molecular complexity index is 626. The molecule has 1 saturated carbocycles. The Morgan fingerprint density at radius 3 is 2.58 bits per heavy atom. The van der Waals surface area contributed by atoms with E-state index in [-0.39, 0.29) is 5.78 Å². The number of ether oxygens (including phenoxy) is 1. The lowest BCUT2D eigenvalue weighted by Crippen LogP contribution is -2.18. The second-order valence-electron chi connectivity index (χ2n) is 5.31. The lowest BCUT2D eigenvalue weighted by atomic mass is 10.0. The molecule has 5 nitrogen and oxygen atoms in total. The van der Waals surface area contributed by atoms with E-state index in [0.29, 0.717) is 28.8 Å². The minimum Gasteiger partial charge on any atom is -0.463 e. The molecule has 0 N–H and O–H groups in total. The molecule has 1 aliphatic heterocycles. The number of hydrogen-bond donors (Lipinski definition) is 0. The second-order valence-corrected chi connectivity index (χ2v) is 5.31. The van der Waals surface area contributed by atoms with E-state index in [1.54, 1.807) is 6.92 Å². The molecule has 1 aromatic rings. The third-order valence-electron chi connectivity index (χ3n) is 4.15. The van der Waals surface area contributed by atoms with Crippen LogP contribution in [0, 0.1) is 12.8 Å². The summed E-state index contributed by atoms with van der Waals surface area (Å²) < 4.78 is 6.48. The SMILES string of the molecule is COC(=O)C(=O)c1c(C)c(C(C)=O)n2c1C[C@H]1CC12. The topological polar surface area (TPSA) is 65.4 Å². The number of nitrogens with zero attached hydrogens (tertiary/aromatic N) is 1. The maximum atomic E-state index is 12.1. The smallest absolute Gasteiger partial charge is 0.379 e. The van der Waals surface area contributed by atoms with E-state index in [1.165, 1.54) is 14.0 Å². The summed E-state index contributed by atoms with van der Waals surface area (Å²) in [6, 6.07) is 0.340. The second kappa shape index (κ2) is 3.79. The predicted molar refractivity (Wildman–Crippen MR) is 66.4 cm³/mol. The first-order valence-electron chi connectivity index (χ1n) is 6.34. The van der Waals surface area contributed by atoms with Crippen molar-refractivity contribution in [3.05, 3.63) is 22.5 Å². The van der Waals surface area contributed by atoms with Crippen LogP contribution in [0.15, 0.2) is 0 Å². The van der Waals surface area contributed by atoms with Crippen molar-refractivity contribution in [3.63, 3.8) is 0 Å². The van der Waals surface area contributed by atoms with Crippen LogP contribution in [0.4, 0.5) is 0 Å². The molecule has 2 atom stereocenters. The largest absolute Gasteiger partial charge is 0.463 e. The van der Waals surface area contributed by atoms with E-state index in [9.17, 15) is 14.4 Å². The summed E-state index contributed by atoms with van der Waals surface area (Å²) in [5.41, 5.74) is 2.40. The standard InChI is InChI=1S/C14H15NO4/c1-6-11(13(17)14(18)19-3)10-5-8-4-9(8)15(10)12(6)7(2)16/h8-9H,4-5H2,1-3H3/t8-,9?/m1/s1. The van der Waals surface area contributed by atoms with Gasteiger partial charge in [-0.1, -0.05) is 0 Å². The molecule has 0 bridgehead atoms. The highest BCUT2D eigenvalue weighted by molar-refractivity contribution is 6.41. The van der Waals surface area contributed by atoms with Crippen LogP contribution in [0.2, 0.25) is 0 Å². The van der Waals surface area contributed by atoms with Gasteiger partial charge in [-0.15, -0.1) is 0 Å². The van der Waals surface area contributed by atoms with Gasteiger partial charge in [-0.05, 0) is 31.2 Å². The van der Waals surface area contributed by atoms with Gasteiger partial charge < -0.3 is 9.30 Å².